The van der Waals surface area contributed by atoms with Crippen molar-refractivity contribution in [2.24, 2.45) is 12.8 Å². The predicted octanol–water partition coefficient (Wildman–Crippen LogP) is 0.654. The summed E-state index contributed by atoms with van der Waals surface area (Å²) in [7, 11) is 3.33. The molecule has 0 fully saturated rings. The van der Waals surface area contributed by atoms with E-state index in [9.17, 15) is 0 Å². The first kappa shape index (κ1) is 12.4. The van der Waals surface area contributed by atoms with Crippen LogP contribution in [0.3, 0.4) is 0 Å². The monoisotopic (exact) mass is 264 g/mol. The van der Waals surface area contributed by atoms with Crippen LogP contribution in [0.4, 0.5) is 0 Å². The van der Waals surface area contributed by atoms with Crippen molar-refractivity contribution < 1.29 is 4.74 Å². The van der Waals surface area contributed by atoms with E-state index < -0.39 is 0 Å². The number of hydrogen-bond donors (Lipinski definition) is 2. The lowest BCUT2D eigenvalue weighted by molar-refractivity contribution is 0.413. The van der Waals surface area contributed by atoms with Crippen molar-refractivity contribution in [1.82, 2.24) is 20.2 Å². The van der Waals surface area contributed by atoms with E-state index in [1.807, 2.05) is 0 Å². The number of nitrogens with one attached hydrogen (secondary N) is 1. The molecule has 8 heteroatoms. The van der Waals surface area contributed by atoms with Gasteiger partial charge in [0.15, 0.2) is 0 Å². The summed E-state index contributed by atoms with van der Waals surface area (Å²) in [6.07, 6.45) is 0. The third-order valence-electron chi connectivity index (χ3n) is 2.26. The number of nitrogens with two attached hydrogens (primary N) is 1. The Labute approximate surface area is 108 Å². The second-order valence-corrected chi connectivity index (χ2v) is 4.47. The van der Waals surface area contributed by atoms with Gasteiger partial charge in [-0.3, -0.25) is 5.41 Å². The van der Waals surface area contributed by atoms with Crippen molar-refractivity contribution >= 4 is 17.6 Å². The molecule has 0 saturated carbocycles. The van der Waals surface area contributed by atoms with E-state index in [1.165, 1.54) is 11.8 Å². The minimum Gasteiger partial charge on any atom is -0.497 e. The van der Waals surface area contributed by atoms with Gasteiger partial charge < -0.3 is 10.5 Å². The van der Waals surface area contributed by atoms with E-state index in [2.05, 4.69) is 15.5 Å². The Morgan fingerprint density at radius 3 is 2.83 bits per heavy atom. The van der Waals surface area contributed by atoms with Crippen LogP contribution in [-0.2, 0) is 7.05 Å². The first-order chi connectivity index (χ1) is 8.61. The molecule has 0 aliphatic carbocycles. The lowest BCUT2D eigenvalue weighted by Gasteiger charge is -2.08. The molecule has 2 aromatic rings. The maximum atomic E-state index is 7.55. The lowest BCUT2D eigenvalue weighted by atomic mass is 10.2. The van der Waals surface area contributed by atoms with Gasteiger partial charge in [0.25, 0.3) is 0 Å². The highest BCUT2D eigenvalue weighted by atomic mass is 32.2. The number of ether oxygens (including phenoxy) is 1. The van der Waals surface area contributed by atoms with Crippen LogP contribution in [-0.4, -0.2) is 33.2 Å². The molecule has 94 valence electrons. The minimum atomic E-state index is -0.00437. The van der Waals surface area contributed by atoms with Crippen LogP contribution < -0.4 is 10.5 Å². The van der Waals surface area contributed by atoms with Gasteiger partial charge in [-0.25, -0.2) is 4.68 Å². The van der Waals surface area contributed by atoms with Crippen LogP contribution in [0.5, 0.6) is 5.75 Å². The average Bonchev–Trinajstić information content (AvgIpc) is 2.74. The zero-order chi connectivity index (χ0) is 13.1. The summed E-state index contributed by atoms with van der Waals surface area (Å²) in [6.45, 7) is 0. The number of rotatable bonds is 4. The van der Waals surface area contributed by atoms with Gasteiger partial charge in [0.2, 0.25) is 5.16 Å². The molecule has 1 aromatic heterocycles. The SMILES string of the molecule is COc1ccc(C(=N)N)c(Sc2nnnn2C)c1. The Balaban J connectivity index is 2.41. The third-order valence-corrected chi connectivity index (χ3v) is 3.35. The Morgan fingerprint density at radius 2 is 2.28 bits per heavy atom. The number of methoxy groups -OCH3 is 1. The third kappa shape index (κ3) is 2.43. The van der Waals surface area contributed by atoms with Gasteiger partial charge in [0.1, 0.15) is 11.6 Å². The molecule has 0 bridgehead atoms. The van der Waals surface area contributed by atoms with Gasteiger partial charge in [-0.2, -0.15) is 0 Å². The maximum Gasteiger partial charge on any atom is 0.213 e. The van der Waals surface area contributed by atoms with Gasteiger partial charge in [0, 0.05) is 17.5 Å². The van der Waals surface area contributed by atoms with Crippen LogP contribution in [0.2, 0.25) is 0 Å². The second-order valence-electron chi connectivity index (χ2n) is 3.46. The maximum absolute atomic E-state index is 7.55. The molecule has 2 rings (SSSR count). The highest BCUT2D eigenvalue weighted by Crippen LogP contribution is 2.31. The average molecular weight is 264 g/mol. The van der Waals surface area contributed by atoms with Gasteiger partial charge in [-0.1, -0.05) is 0 Å². The standard InChI is InChI=1S/C10H12N6OS/c1-16-10(13-14-15-16)18-8-5-6(17-2)3-4-7(8)9(11)12/h3-5H,1-2H3,(H3,11,12). The highest BCUT2D eigenvalue weighted by molar-refractivity contribution is 7.99. The van der Waals surface area contributed by atoms with Crippen molar-refractivity contribution in [1.29, 1.82) is 5.41 Å². The van der Waals surface area contributed by atoms with Crippen molar-refractivity contribution in [2.45, 2.75) is 10.1 Å². The van der Waals surface area contributed by atoms with Crippen LogP contribution in [0.1, 0.15) is 5.56 Å². The quantitative estimate of drug-likeness (QED) is 0.621. The molecule has 0 spiro atoms. The molecule has 0 aliphatic rings. The number of benzene rings is 1. The van der Waals surface area contributed by atoms with Crippen LogP contribution >= 0.6 is 11.8 Å². The smallest absolute Gasteiger partial charge is 0.213 e. The molecule has 0 amide bonds. The normalized spacial score (nSPS) is 10.3. The van der Waals surface area contributed by atoms with Gasteiger partial charge in [0.05, 0.1) is 7.11 Å². The van der Waals surface area contributed by atoms with E-state index in [0.29, 0.717) is 16.5 Å². The van der Waals surface area contributed by atoms with E-state index in [4.69, 9.17) is 15.9 Å². The van der Waals surface area contributed by atoms with E-state index in [1.54, 1.807) is 37.0 Å². The van der Waals surface area contributed by atoms with Crippen molar-refractivity contribution in [2.75, 3.05) is 7.11 Å². The molecule has 0 radical (unpaired) electrons. The van der Waals surface area contributed by atoms with Gasteiger partial charge >= 0.3 is 0 Å². The molecule has 0 atom stereocenters. The summed E-state index contributed by atoms with van der Waals surface area (Å²) in [6, 6.07) is 5.30. The molecule has 3 N–H and O–H groups in total. The first-order valence-corrected chi connectivity index (χ1v) is 5.86. The summed E-state index contributed by atoms with van der Waals surface area (Å²) >= 11 is 1.33. The number of nitrogen functional groups attached to an aromatic ring is 1. The topological polar surface area (TPSA) is 103 Å². The molecule has 0 aliphatic heterocycles. The van der Waals surface area contributed by atoms with E-state index in [0.717, 1.165) is 4.90 Å². The minimum absolute atomic E-state index is 0.00437. The number of hydrogen-bond acceptors (Lipinski definition) is 6. The number of nitrogens with zero attached hydrogens (tertiary/aromatic N) is 4. The lowest BCUT2D eigenvalue weighted by Crippen LogP contribution is -2.12. The summed E-state index contributed by atoms with van der Waals surface area (Å²) in [5, 5.41) is 19.4. The molecule has 0 unspecified atom stereocenters. The zero-order valence-corrected chi connectivity index (χ0v) is 10.7. The largest absolute Gasteiger partial charge is 0.497 e. The molecular weight excluding hydrogens is 252 g/mol. The van der Waals surface area contributed by atoms with Crippen LogP contribution in [0.25, 0.3) is 0 Å². The molecular formula is C10H12N6OS. The number of aryl methyl sites for hydroxylation is 1. The van der Waals surface area contributed by atoms with Crippen LogP contribution in [0.15, 0.2) is 28.3 Å². The Hall–Kier alpha value is -2.09. The summed E-state index contributed by atoms with van der Waals surface area (Å²) in [4.78, 5) is 0.778. The fraction of sp³-hybridized carbons (Fsp3) is 0.200. The summed E-state index contributed by atoms with van der Waals surface area (Å²) < 4.78 is 6.71. The number of aromatic nitrogens is 4. The number of tetrazole rings is 1. The molecule has 18 heavy (non-hydrogen) atoms. The zero-order valence-electron chi connectivity index (χ0n) is 9.91. The van der Waals surface area contributed by atoms with Crippen LogP contribution in [0, 0.1) is 5.41 Å². The molecule has 1 aromatic carbocycles. The second kappa shape index (κ2) is 5.05. The van der Waals surface area contributed by atoms with E-state index in [-0.39, 0.29) is 5.84 Å². The van der Waals surface area contributed by atoms with Crippen molar-refractivity contribution in [3.05, 3.63) is 23.8 Å². The summed E-state index contributed by atoms with van der Waals surface area (Å²) in [5.74, 6) is 0.688. The molecule has 7 nitrogen and oxygen atoms in total. The number of amidine groups is 1. The van der Waals surface area contributed by atoms with Gasteiger partial charge in [-0.15, -0.1) is 5.10 Å². The van der Waals surface area contributed by atoms with Crippen molar-refractivity contribution in [3.63, 3.8) is 0 Å². The fourth-order valence-electron chi connectivity index (χ4n) is 1.34. The Kier molecular flexibility index (Phi) is 3.47. The Morgan fingerprint density at radius 1 is 1.50 bits per heavy atom. The highest BCUT2D eigenvalue weighted by Gasteiger charge is 2.12. The van der Waals surface area contributed by atoms with Crippen molar-refractivity contribution in [3.8, 4) is 5.75 Å². The molecule has 1 heterocycles. The first-order valence-electron chi connectivity index (χ1n) is 5.04. The predicted molar refractivity (Wildman–Crippen MR) is 66.9 cm³/mol. The molecule has 0 saturated heterocycles. The Bertz CT molecular complexity index is 581. The summed E-state index contributed by atoms with van der Waals surface area (Å²) in [5.41, 5.74) is 6.17. The van der Waals surface area contributed by atoms with Gasteiger partial charge in [-0.05, 0) is 40.4 Å². The van der Waals surface area contributed by atoms with E-state index >= 15 is 0 Å². The fourth-order valence-corrected chi connectivity index (χ4v) is 2.25.